The van der Waals surface area contributed by atoms with Crippen LogP contribution in [0.2, 0.25) is 0 Å². The van der Waals surface area contributed by atoms with Crippen LogP contribution in [0.15, 0.2) is 48.6 Å². The summed E-state index contributed by atoms with van der Waals surface area (Å²) >= 11 is 0. The van der Waals surface area contributed by atoms with Crippen molar-refractivity contribution in [3.05, 3.63) is 48.6 Å². The summed E-state index contributed by atoms with van der Waals surface area (Å²) in [6.45, 7) is 4.86. The fraction of sp³-hybridized carbons (Fsp3) is 0.848. The Hall–Kier alpha value is -2.18. The van der Waals surface area contributed by atoms with Crippen molar-refractivity contribution in [2.75, 3.05) is 13.2 Å². The van der Waals surface area contributed by atoms with Gasteiger partial charge in [0, 0.05) is 12.8 Å². The highest BCUT2D eigenvalue weighted by molar-refractivity contribution is 5.76. The molecule has 0 spiro atoms. The number of nitrogens with one attached hydrogen (secondary N) is 1. The summed E-state index contributed by atoms with van der Waals surface area (Å²) in [5, 5.41) is 23.0. The zero-order chi connectivity index (χ0) is 52.2. The third kappa shape index (κ3) is 57.1. The van der Waals surface area contributed by atoms with Crippen molar-refractivity contribution < 1.29 is 24.5 Å². The first-order chi connectivity index (χ1) is 35.5. The molecule has 2 unspecified atom stereocenters. The number of rotatable bonds is 59. The van der Waals surface area contributed by atoms with Crippen molar-refractivity contribution in [3.63, 3.8) is 0 Å². The van der Waals surface area contributed by atoms with E-state index in [0.29, 0.717) is 19.4 Å². The van der Waals surface area contributed by atoms with E-state index >= 15 is 0 Å². The maximum absolute atomic E-state index is 12.4. The number of amides is 1. The molecule has 0 heterocycles. The molecule has 0 saturated heterocycles. The molecule has 0 aliphatic carbocycles. The van der Waals surface area contributed by atoms with Gasteiger partial charge in [-0.1, -0.05) is 281 Å². The van der Waals surface area contributed by atoms with Gasteiger partial charge in [-0.25, -0.2) is 0 Å². The molecule has 0 aromatic heterocycles. The Morgan fingerprint density at radius 1 is 0.389 bits per heavy atom. The molecule has 72 heavy (non-hydrogen) atoms. The number of aliphatic hydroxyl groups is 2. The lowest BCUT2D eigenvalue weighted by Gasteiger charge is -2.20. The Balaban J connectivity index is 3.38. The average molecular weight is 1010 g/mol. The van der Waals surface area contributed by atoms with Crippen LogP contribution in [0, 0.1) is 0 Å². The van der Waals surface area contributed by atoms with Crippen molar-refractivity contribution >= 4 is 11.9 Å². The number of esters is 1. The van der Waals surface area contributed by atoms with Gasteiger partial charge in [0.05, 0.1) is 25.4 Å². The maximum Gasteiger partial charge on any atom is 0.305 e. The molecule has 0 aliphatic rings. The molecule has 3 N–H and O–H groups in total. The highest BCUT2D eigenvalue weighted by Crippen LogP contribution is 2.17. The minimum Gasteiger partial charge on any atom is -0.466 e. The van der Waals surface area contributed by atoms with Gasteiger partial charge in [-0.15, -0.1) is 0 Å². The third-order valence-corrected chi connectivity index (χ3v) is 14.6. The van der Waals surface area contributed by atoms with E-state index in [1.54, 1.807) is 6.08 Å². The molecule has 0 aromatic rings. The average Bonchev–Trinajstić information content (AvgIpc) is 3.38. The van der Waals surface area contributed by atoms with Gasteiger partial charge in [0.15, 0.2) is 0 Å². The van der Waals surface area contributed by atoms with E-state index in [1.165, 1.54) is 257 Å². The number of unbranched alkanes of at least 4 members (excludes halogenated alkanes) is 42. The molecule has 0 fully saturated rings. The molecule has 6 heteroatoms. The van der Waals surface area contributed by atoms with E-state index in [2.05, 4.69) is 55.6 Å². The predicted molar refractivity (Wildman–Crippen MR) is 315 cm³/mol. The van der Waals surface area contributed by atoms with Crippen molar-refractivity contribution in [2.45, 2.75) is 347 Å². The number of hydrogen-bond donors (Lipinski definition) is 3. The maximum atomic E-state index is 12.4. The van der Waals surface area contributed by atoms with Crippen molar-refractivity contribution in [1.29, 1.82) is 0 Å². The van der Waals surface area contributed by atoms with Crippen LogP contribution in [0.4, 0.5) is 0 Å². The van der Waals surface area contributed by atoms with Crippen molar-refractivity contribution in [1.82, 2.24) is 5.32 Å². The summed E-state index contributed by atoms with van der Waals surface area (Å²) in [5.74, 6) is -0.0643. The molecular formula is C66H123NO5. The SMILES string of the molecule is CCCCC/C=C\CCCCCCCC(=O)OCCCCCCCCCCC/C=C\C/C=C\CCCCCCCCCCCCCCCCCCCC(=O)NC(CO)C(O)/C=C/CCCCCCCCCC. The Labute approximate surface area is 448 Å². The van der Waals surface area contributed by atoms with E-state index in [0.717, 1.165) is 51.4 Å². The van der Waals surface area contributed by atoms with Crippen molar-refractivity contribution in [2.24, 2.45) is 0 Å². The largest absolute Gasteiger partial charge is 0.466 e. The fourth-order valence-corrected chi connectivity index (χ4v) is 9.66. The van der Waals surface area contributed by atoms with Crippen LogP contribution in [0.25, 0.3) is 0 Å². The normalized spacial score (nSPS) is 12.9. The van der Waals surface area contributed by atoms with Gasteiger partial charge < -0.3 is 20.3 Å². The van der Waals surface area contributed by atoms with Gasteiger partial charge in [0.1, 0.15) is 0 Å². The van der Waals surface area contributed by atoms with Gasteiger partial charge in [0.2, 0.25) is 5.91 Å². The summed E-state index contributed by atoms with van der Waals surface area (Å²) < 4.78 is 5.46. The van der Waals surface area contributed by atoms with Crippen LogP contribution >= 0.6 is 0 Å². The predicted octanol–water partition coefficient (Wildman–Crippen LogP) is 20.1. The van der Waals surface area contributed by atoms with Crippen LogP contribution < -0.4 is 5.32 Å². The minimum absolute atomic E-state index is 0.00338. The molecule has 0 aliphatic heterocycles. The third-order valence-electron chi connectivity index (χ3n) is 14.6. The Morgan fingerprint density at radius 2 is 0.694 bits per heavy atom. The molecular weight excluding hydrogens is 887 g/mol. The highest BCUT2D eigenvalue weighted by Gasteiger charge is 2.18. The van der Waals surface area contributed by atoms with E-state index in [-0.39, 0.29) is 18.5 Å². The summed E-state index contributed by atoms with van der Waals surface area (Å²) in [7, 11) is 0. The summed E-state index contributed by atoms with van der Waals surface area (Å²) in [4.78, 5) is 24.4. The molecule has 6 nitrogen and oxygen atoms in total. The monoisotopic (exact) mass is 1010 g/mol. The van der Waals surface area contributed by atoms with Crippen LogP contribution in [-0.2, 0) is 14.3 Å². The molecule has 0 radical (unpaired) electrons. The molecule has 0 bridgehead atoms. The second-order valence-electron chi connectivity index (χ2n) is 21.7. The van der Waals surface area contributed by atoms with Gasteiger partial charge in [-0.05, 0) is 89.9 Å². The molecule has 422 valence electrons. The number of carbonyl (C=O) groups excluding carboxylic acids is 2. The number of allylic oxidation sites excluding steroid dienone is 7. The first-order valence-corrected chi connectivity index (χ1v) is 31.9. The standard InChI is InChI=1S/C66H123NO5/c1-3-5-7-9-11-13-15-40-44-48-52-56-60-66(71)72-61-57-53-49-45-41-38-36-34-32-30-28-26-24-22-20-18-16-17-19-21-23-25-27-29-31-33-35-37-39-43-47-51-55-59-65(70)67-63(62-68)64(69)58-54-50-46-42-14-12-10-8-6-4-2/h11,13,20,22,26,28,54,58,63-64,68-69H,3-10,12,14-19,21,23-25,27,29-53,55-57,59-62H2,1-2H3,(H,67,70)/b13-11-,22-20-,28-26-,58-54+. The van der Waals surface area contributed by atoms with Crippen LogP contribution in [-0.4, -0.2) is 47.4 Å². The van der Waals surface area contributed by atoms with E-state index in [9.17, 15) is 19.8 Å². The van der Waals surface area contributed by atoms with Gasteiger partial charge >= 0.3 is 5.97 Å². The molecule has 0 rings (SSSR count). The zero-order valence-electron chi connectivity index (χ0n) is 48.2. The van der Waals surface area contributed by atoms with Gasteiger partial charge in [-0.3, -0.25) is 9.59 Å². The minimum atomic E-state index is -0.841. The van der Waals surface area contributed by atoms with Gasteiger partial charge in [-0.2, -0.15) is 0 Å². The second kappa shape index (κ2) is 61.4. The molecule has 2 atom stereocenters. The summed E-state index contributed by atoms with van der Waals surface area (Å²) in [6, 6.07) is -0.625. The van der Waals surface area contributed by atoms with Crippen LogP contribution in [0.1, 0.15) is 335 Å². The van der Waals surface area contributed by atoms with Crippen molar-refractivity contribution in [3.8, 4) is 0 Å². The molecule has 1 amide bonds. The quantitative estimate of drug-likeness (QED) is 0.0320. The lowest BCUT2D eigenvalue weighted by atomic mass is 10.0. The molecule has 0 aromatic carbocycles. The Morgan fingerprint density at radius 3 is 1.10 bits per heavy atom. The Kier molecular flexibility index (Phi) is 59.5. The number of hydrogen-bond acceptors (Lipinski definition) is 5. The smallest absolute Gasteiger partial charge is 0.305 e. The second-order valence-corrected chi connectivity index (χ2v) is 21.7. The summed E-state index contributed by atoms with van der Waals surface area (Å²) in [5.41, 5.74) is 0. The first-order valence-electron chi connectivity index (χ1n) is 31.9. The van der Waals surface area contributed by atoms with E-state index in [1.807, 2.05) is 6.08 Å². The highest BCUT2D eigenvalue weighted by atomic mass is 16.5. The summed E-state index contributed by atoms with van der Waals surface area (Å²) in [6.07, 6.45) is 79.0. The number of aliphatic hydroxyl groups excluding tert-OH is 2. The zero-order valence-corrected chi connectivity index (χ0v) is 48.2. The number of ether oxygens (including phenoxy) is 1. The Bertz CT molecular complexity index is 1210. The van der Waals surface area contributed by atoms with Gasteiger partial charge in [0.25, 0.3) is 0 Å². The van der Waals surface area contributed by atoms with E-state index < -0.39 is 12.1 Å². The lowest BCUT2D eigenvalue weighted by molar-refractivity contribution is -0.143. The topological polar surface area (TPSA) is 95.9 Å². The first kappa shape index (κ1) is 69.8. The fourth-order valence-electron chi connectivity index (χ4n) is 9.66. The van der Waals surface area contributed by atoms with Crippen LogP contribution in [0.3, 0.4) is 0 Å². The lowest BCUT2D eigenvalue weighted by Crippen LogP contribution is -2.45. The number of carbonyl (C=O) groups is 2. The van der Waals surface area contributed by atoms with Crippen LogP contribution in [0.5, 0.6) is 0 Å². The van der Waals surface area contributed by atoms with E-state index in [4.69, 9.17) is 4.74 Å². The molecule has 0 saturated carbocycles.